The molecule has 0 aliphatic rings. The van der Waals surface area contributed by atoms with Crippen molar-refractivity contribution in [3.63, 3.8) is 0 Å². The number of hydrogen-bond acceptors (Lipinski definition) is 1. The highest BCUT2D eigenvalue weighted by atomic mass is 19.4. The average molecular weight is 197 g/mol. The van der Waals surface area contributed by atoms with Crippen LogP contribution in [0, 0.1) is 0 Å². The Morgan fingerprint density at radius 3 is 2.54 bits per heavy atom. The van der Waals surface area contributed by atoms with Crippen molar-refractivity contribution in [2.45, 2.75) is 25.9 Å². The Bertz CT molecular complexity index is 165. The Kier molecular flexibility index (Phi) is 5.25. The summed E-state index contributed by atoms with van der Waals surface area (Å²) in [4.78, 5) is 3.70. The highest BCUT2D eigenvalue weighted by Crippen LogP contribution is 2.20. The summed E-state index contributed by atoms with van der Waals surface area (Å²) in [6, 6.07) is 0. The lowest BCUT2D eigenvalue weighted by Gasteiger charge is -2.04. The van der Waals surface area contributed by atoms with E-state index in [4.69, 9.17) is 5.73 Å². The quantitative estimate of drug-likeness (QED) is 0.405. The van der Waals surface area contributed by atoms with E-state index in [1.807, 2.05) is 6.92 Å². The van der Waals surface area contributed by atoms with Crippen molar-refractivity contribution in [3.8, 4) is 0 Å². The number of aliphatic imine (C=N–C) groups is 1. The molecular formula is C7H14F3N3. The molecule has 0 amide bonds. The molecule has 0 aromatic carbocycles. The number of nitrogens with two attached hydrogens (primary N) is 1. The molecule has 0 aliphatic heterocycles. The first-order valence-corrected chi connectivity index (χ1v) is 4.06. The number of rotatable bonds is 4. The van der Waals surface area contributed by atoms with Crippen LogP contribution in [0.3, 0.4) is 0 Å². The number of nitrogens with one attached hydrogen (secondary N) is 1. The SMILES string of the molecule is CCNC(N)=NCCCC(F)(F)F. The van der Waals surface area contributed by atoms with Crippen molar-refractivity contribution in [2.75, 3.05) is 13.1 Å². The fourth-order valence-corrected chi connectivity index (χ4v) is 0.716. The van der Waals surface area contributed by atoms with Gasteiger partial charge in [0.05, 0.1) is 0 Å². The molecule has 3 N–H and O–H groups in total. The lowest BCUT2D eigenvalue weighted by Crippen LogP contribution is -2.31. The molecule has 0 spiro atoms. The number of alkyl halides is 3. The van der Waals surface area contributed by atoms with Gasteiger partial charge in [-0.05, 0) is 13.3 Å². The van der Waals surface area contributed by atoms with Crippen molar-refractivity contribution in [2.24, 2.45) is 10.7 Å². The summed E-state index contributed by atoms with van der Waals surface area (Å²) in [7, 11) is 0. The number of nitrogens with zero attached hydrogens (tertiary/aromatic N) is 1. The third kappa shape index (κ3) is 8.97. The van der Waals surface area contributed by atoms with Crippen LogP contribution in [0.15, 0.2) is 4.99 Å². The molecule has 0 saturated heterocycles. The van der Waals surface area contributed by atoms with E-state index < -0.39 is 12.6 Å². The summed E-state index contributed by atoms with van der Waals surface area (Å²) in [6.45, 7) is 2.56. The molecule has 0 heterocycles. The fraction of sp³-hybridized carbons (Fsp3) is 0.857. The molecule has 0 saturated carbocycles. The van der Waals surface area contributed by atoms with Gasteiger partial charge in [0.15, 0.2) is 5.96 Å². The van der Waals surface area contributed by atoms with Crippen molar-refractivity contribution < 1.29 is 13.2 Å². The lowest BCUT2D eigenvalue weighted by molar-refractivity contribution is -0.134. The summed E-state index contributed by atoms with van der Waals surface area (Å²) >= 11 is 0. The van der Waals surface area contributed by atoms with E-state index in [9.17, 15) is 13.2 Å². The van der Waals surface area contributed by atoms with Gasteiger partial charge in [-0.2, -0.15) is 13.2 Å². The van der Waals surface area contributed by atoms with E-state index in [0.29, 0.717) is 6.54 Å². The molecule has 0 atom stereocenters. The summed E-state index contributed by atoms with van der Waals surface area (Å²) in [5.74, 6) is 0.199. The number of halogens is 3. The van der Waals surface area contributed by atoms with Crippen LogP contribution in [0.4, 0.5) is 13.2 Å². The van der Waals surface area contributed by atoms with Gasteiger partial charge in [0.1, 0.15) is 0 Å². The molecule has 13 heavy (non-hydrogen) atoms. The van der Waals surface area contributed by atoms with Crippen molar-refractivity contribution in [3.05, 3.63) is 0 Å². The van der Waals surface area contributed by atoms with Gasteiger partial charge in [-0.1, -0.05) is 0 Å². The summed E-state index contributed by atoms with van der Waals surface area (Å²) in [5.41, 5.74) is 5.29. The minimum Gasteiger partial charge on any atom is -0.370 e. The first-order chi connectivity index (χ1) is 5.95. The van der Waals surface area contributed by atoms with Gasteiger partial charge >= 0.3 is 6.18 Å². The van der Waals surface area contributed by atoms with Gasteiger partial charge in [0.2, 0.25) is 0 Å². The van der Waals surface area contributed by atoms with Crippen LogP contribution in [0.25, 0.3) is 0 Å². The van der Waals surface area contributed by atoms with Gasteiger partial charge in [-0.3, -0.25) is 4.99 Å². The fourth-order valence-electron chi connectivity index (χ4n) is 0.716. The summed E-state index contributed by atoms with van der Waals surface area (Å²) < 4.78 is 34.9. The number of hydrogen-bond donors (Lipinski definition) is 2. The largest absolute Gasteiger partial charge is 0.389 e. The Hall–Kier alpha value is -0.940. The molecule has 0 aromatic heterocycles. The number of guanidine groups is 1. The first-order valence-electron chi connectivity index (χ1n) is 4.06. The second-order valence-electron chi connectivity index (χ2n) is 2.52. The zero-order chi connectivity index (χ0) is 10.3. The van der Waals surface area contributed by atoms with E-state index in [0.717, 1.165) is 0 Å². The Labute approximate surface area is 75.2 Å². The topological polar surface area (TPSA) is 50.4 Å². The lowest BCUT2D eigenvalue weighted by atomic mass is 10.3. The Morgan fingerprint density at radius 1 is 1.46 bits per heavy atom. The minimum atomic E-state index is -4.09. The van der Waals surface area contributed by atoms with E-state index in [1.165, 1.54) is 0 Å². The van der Waals surface area contributed by atoms with Gasteiger partial charge in [0, 0.05) is 19.5 Å². The third-order valence-electron chi connectivity index (χ3n) is 1.26. The molecule has 0 fully saturated rings. The van der Waals surface area contributed by atoms with Crippen LogP contribution < -0.4 is 11.1 Å². The standard InChI is InChI=1S/C7H14F3N3/c1-2-12-6(11)13-5-3-4-7(8,9)10/h2-5H2,1H3,(H3,11,12,13). The predicted molar refractivity (Wildman–Crippen MR) is 45.5 cm³/mol. The molecule has 78 valence electrons. The summed E-state index contributed by atoms with van der Waals surface area (Å²) in [6.07, 6.45) is -4.92. The van der Waals surface area contributed by atoms with Crippen LogP contribution in [-0.4, -0.2) is 25.2 Å². The zero-order valence-electron chi connectivity index (χ0n) is 7.49. The molecule has 0 aromatic rings. The predicted octanol–water partition coefficient (Wildman–Crippen LogP) is 1.25. The summed E-state index contributed by atoms with van der Waals surface area (Å²) in [5, 5.41) is 2.69. The molecular weight excluding hydrogens is 183 g/mol. The average Bonchev–Trinajstić information content (AvgIpc) is 1.97. The Balaban J connectivity index is 3.50. The molecule has 0 unspecified atom stereocenters. The van der Waals surface area contributed by atoms with Crippen LogP contribution >= 0.6 is 0 Å². The van der Waals surface area contributed by atoms with E-state index in [1.54, 1.807) is 0 Å². The van der Waals surface area contributed by atoms with E-state index in [2.05, 4.69) is 10.3 Å². The smallest absolute Gasteiger partial charge is 0.370 e. The maximum atomic E-state index is 11.6. The van der Waals surface area contributed by atoms with Crippen molar-refractivity contribution in [1.29, 1.82) is 0 Å². The zero-order valence-corrected chi connectivity index (χ0v) is 7.49. The monoisotopic (exact) mass is 197 g/mol. The van der Waals surface area contributed by atoms with Crippen LogP contribution in [0.1, 0.15) is 19.8 Å². The molecule has 3 nitrogen and oxygen atoms in total. The van der Waals surface area contributed by atoms with E-state index >= 15 is 0 Å². The molecule has 0 rings (SSSR count). The van der Waals surface area contributed by atoms with Gasteiger partial charge in [0.25, 0.3) is 0 Å². The highest BCUT2D eigenvalue weighted by molar-refractivity contribution is 5.77. The van der Waals surface area contributed by atoms with Crippen LogP contribution in [-0.2, 0) is 0 Å². The molecule has 0 aliphatic carbocycles. The first kappa shape index (κ1) is 12.1. The third-order valence-corrected chi connectivity index (χ3v) is 1.26. The second kappa shape index (κ2) is 5.66. The molecule has 6 heteroatoms. The maximum absolute atomic E-state index is 11.6. The van der Waals surface area contributed by atoms with Crippen molar-refractivity contribution in [1.82, 2.24) is 5.32 Å². The molecule has 0 bridgehead atoms. The van der Waals surface area contributed by atoms with E-state index in [-0.39, 0.29) is 18.9 Å². The van der Waals surface area contributed by atoms with Gasteiger partial charge in [-0.15, -0.1) is 0 Å². The Morgan fingerprint density at radius 2 is 2.08 bits per heavy atom. The normalized spacial score (nSPS) is 13.1. The molecule has 0 radical (unpaired) electrons. The van der Waals surface area contributed by atoms with Crippen LogP contribution in [0.5, 0.6) is 0 Å². The van der Waals surface area contributed by atoms with Crippen molar-refractivity contribution >= 4 is 5.96 Å². The highest BCUT2D eigenvalue weighted by Gasteiger charge is 2.25. The minimum absolute atomic E-state index is 0.0183. The second-order valence-corrected chi connectivity index (χ2v) is 2.52. The van der Waals surface area contributed by atoms with Gasteiger partial charge in [-0.25, -0.2) is 0 Å². The maximum Gasteiger partial charge on any atom is 0.389 e. The van der Waals surface area contributed by atoms with Gasteiger partial charge < -0.3 is 11.1 Å². The van der Waals surface area contributed by atoms with Crippen LogP contribution in [0.2, 0.25) is 0 Å².